The van der Waals surface area contributed by atoms with Gasteiger partial charge in [0.1, 0.15) is 0 Å². The average Bonchev–Trinajstić information content (AvgIpc) is 2.34. The molecule has 1 N–H and O–H groups in total. The first-order chi connectivity index (χ1) is 9.01. The minimum atomic E-state index is 0.104. The largest absolute Gasteiger partial charge is 0.395 e. The summed E-state index contributed by atoms with van der Waals surface area (Å²) in [7, 11) is 0. The molecule has 1 fully saturated rings. The molecule has 0 bridgehead atoms. The highest BCUT2D eigenvalue weighted by Crippen LogP contribution is 2.44. The fourth-order valence-corrected chi connectivity index (χ4v) is 3.81. The van der Waals surface area contributed by atoms with Gasteiger partial charge >= 0.3 is 0 Å². The molecule has 0 spiro atoms. The summed E-state index contributed by atoms with van der Waals surface area (Å²) in [6, 6.07) is 0. The maximum Gasteiger partial charge on any atom is 0.0844 e. The second-order valence-electron chi connectivity index (χ2n) is 6.29. The van der Waals surface area contributed by atoms with Crippen LogP contribution < -0.4 is 0 Å². The van der Waals surface area contributed by atoms with Gasteiger partial charge in [-0.2, -0.15) is 0 Å². The highest BCUT2D eigenvalue weighted by molar-refractivity contribution is 5.28. The molecule has 3 atom stereocenters. The van der Waals surface area contributed by atoms with Crippen LogP contribution in [0.5, 0.6) is 0 Å². The van der Waals surface area contributed by atoms with Crippen LogP contribution in [0, 0.1) is 11.8 Å². The molecule has 2 rings (SSSR count). The van der Waals surface area contributed by atoms with Gasteiger partial charge in [-0.3, -0.25) is 0 Å². The van der Waals surface area contributed by atoms with Crippen molar-refractivity contribution in [2.24, 2.45) is 11.8 Å². The average molecular weight is 265 g/mol. The number of rotatable bonds is 4. The van der Waals surface area contributed by atoms with Crippen LogP contribution in [0.4, 0.5) is 0 Å². The Labute approximate surface area is 116 Å². The normalized spacial score (nSPS) is 33.0. The van der Waals surface area contributed by atoms with Crippen molar-refractivity contribution in [3.63, 3.8) is 0 Å². The molecule has 0 aromatic carbocycles. The van der Waals surface area contributed by atoms with E-state index in [0.717, 1.165) is 13.0 Å². The van der Waals surface area contributed by atoms with Crippen LogP contribution in [-0.4, -0.2) is 41.4 Å². The third-order valence-electron chi connectivity index (χ3n) is 4.42. The molecular weight excluding hydrogens is 238 g/mol. The Morgan fingerprint density at radius 3 is 2.84 bits per heavy atom. The number of aliphatic hydroxyl groups is 1. The minimum Gasteiger partial charge on any atom is -0.395 e. The zero-order valence-electron chi connectivity index (χ0n) is 12.6. The lowest BCUT2D eigenvalue weighted by Gasteiger charge is -2.53. The molecule has 0 aromatic rings. The molecule has 0 amide bonds. The van der Waals surface area contributed by atoms with Gasteiger partial charge < -0.3 is 14.7 Å². The summed E-state index contributed by atoms with van der Waals surface area (Å²) >= 11 is 0. The number of β-amino-alcohol motifs (C(OH)–C–C–N with tert-alkyl or cyclic N) is 1. The van der Waals surface area contributed by atoms with Gasteiger partial charge in [-0.1, -0.05) is 19.1 Å². The Morgan fingerprint density at radius 1 is 1.47 bits per heavy atom. The Kier molecular flexibility index (Phi) is 4.36. The van der Waals surface area contributed by atoms with E-state index in [2.05, 4.69) is 50.8 Å². The van der Waals surface area contributed by atoms with Crippen LogP contribution in [0.2, 0.25) is 0 Å². The Balaban J connectivity index is 2.31. The number of likely N-dealkylation sites (tertiary alicyclic amines) is 1. The van der Waals surface area contributed by atoms with E-state index < -0.39 is 0 Å². The predicted octanol–water partition coefficient (Wildman–Crippen LogP) is 2.57. The molecule has 0 aromatic heterocycles. The first-order valence-electron chi connectivity index (χ1n) is 7.39. The lowest BCUT2D eigenvalue weighted by Crippen LogP contribution is -2.55. The van der Waals surface area contributed by atoms with Crippen molar-refractivity contribution in [3.8, 4) is 0 Å². The SMILES string of the molecule is CCOC1C=CC=C2C1C(C)CC(C)(C)N2CCO. The summed E-state index contributed by atoms with van der Waals surface area (Å²) < 4.78 is 5.90. The van der Waals surface area contributed by atoms with E-state index in [9.17, 15) is 5.11 Å². The van der Waals surface area contributed by atoms with Gasteiger partial charge in [0, 0.05) is 30.3 Å². The molecule has 2 aliphatic rings. The number of allylic oxidation sites excluding steroid dienone is 2. The van der Waals surface area contributed by atoms with Gasteiger partial charge in [-0.05, 0) is 39.2 Å². The summed E-state index contributed by atoms with van der Waals surface area (Å²) in [6.45, 7) is 10.6. The van der Waals surface area contributed by atoms with Crippen LogP contribution in [0.25, 0.3) is 0 Å². The summed E-state index contributed by atoms with van der Waals surface area (Å²) in [5.41, 5.74) is 1.44. The van der Waals surface area contributed by atoms with E-state index in [1.165, 1.54) is 5.70 Å². The zero-order chi connectivity index (χ0) is 14.0. The summed E-state index contributed by atoms with van der Waals surface area (Å²) in [4.78, 5) is 2.37. The maximum absolute atomic E-state index is 9.36. The Morgan fingerprint density at radius 2 is 2.21 bits per heavy atom. The van der Waals surface area contributed by atoms with Crippen molar-refractivity contribution in [2.75, 3.05) is 19.8 Å². The highest BCUT2D eigenvalue weighted by atomic mass is 16.5. The third-order valence-corrected chi connectivity index (χ3v) is 4.42. The lowest BCUT2D eigenvalue weighted by molar-refractivity contribution is -0.0201. The second-order valence-corrected chi connectivity index (χ2v) is 6.29. The van der Waals surface area contributed by atoms with Crippen molar-refractivity contribution in [2.45, 2.75) is 45.8 Å². The number of piperidine rings is 1. The molecule has 1 heterocycles. The number of hydrogen-bond donors (Lipinski definition) is 1. The van der Waals surface area contributed by atoms with Crippen molar-refractivity contribution in [1.82, 2.24) is 4.90 Å². The van der Waals surface area contributed by atoms with Crippen LogP contribution >= 0.6 is 0 Å². The van der Waals surface area contributed by atoms with E-state index in [0.29, 0.717) is 18.4 Å². The molecule has 1 saturated heterocycles. The molecule has 108 valence electrons. The molecule has 0 saturated carbocycles. The van der Waals surface area contributed by atoms with E-state index in [1.807, 2.05) is 0 Å². The van der Waals surface area contributed by atoms with Crippen LogP contribution in [-0.2, 0) is 4.74 Å². The van der Waals surface area contributed by atoms with Gasteiger partial charge in [0.15, 0.2) is 0 Å². The Hall–Kier alpha value is -0.800. The molecule has 3 heteroatoms. The quantitative estimate of drug-likeness (QED) is 0.848. The van der Waals surface area contributed by atoms with Gasteiger partial charge in [0.25, 0.3) is 0 Å². The van der Waals surface area contributed by atoms with Crippen LogP contribution in [0.3, 0.4) is 0 Å². The zero-order valence-corrected chi connectivity index (χ0v) is 12.6. The van der Waals surface area contributed by atoms with Crippen molar-refractivity contribution < 1.29 is 9.84 Å². The van der Waals surface area contributed by atoms with Crippen molar-refractivity contribution in [1.29, 1.82) is 0 Å². The molecule has 19 heavy (non-hydrogen) atoms. The Bertz CT molecular complexity index is 373. The maximum atomic E-state index is 9.36. The van der Waals surface area contributed by atoms with Crippen molar-refractivity contribution in [3.05, 3.63) is 23.9 Å². The molecular formula is C16H27NO2. The van der Waals surface area contributed by atoms with Gasteiger partial charge in [0.2, 0.25) is 0 Å². The van der Waals surface area contributed by atoms with E-state index in [1.54, 1.807) is 0 Å². The minimum absolute atomic E-state index is 0.104. The van der Waals surface area contributed by atoms with Crippen LogP contribution in [0.15, 0.2) is 23.9 Å². The lowest BCUT2D eigenvalue weighted by atomic mass is 9.71. The summed E-state index contributed by atoms with van der Waals surface area (Å²) in [5.74, 6) is 1.02. The number of nitrogens with zero attached hydrogens (tertiary/aromatic N) is 1. The van der Waals surface area contributed by atoms with E-state index in [4.69, 9.17) is 4.74 Å². The van der Waals surface area contributed by atoms with Crippen molar-refractivity contribution >= 4 is 0 Å². The number of ether oxygens (including phenoxy) is 1. The summed E-state index contributed by atoms with van der Waals surface area (Å²) in [6.07, 6.45) is 7.78. The molecule has 3 nitrogen and oxygen atoms in total. The number of hydrogen-bond acceptors (Lipinski definition) is 3. The van der Waals surface area contributed by atoms with Gasteiger partial charge in [-0.25, -0.2) is 0 Å². The number of aliphatic hydroxyl groups excluding tert-OH is 1. The van der Waals surface area contributed by atoms with E-state index in [-0.39, 0.29) is 18.2 Å². The highest BCUT2D eigenvalue weighted by Gasteiger charge is 2.44. The monoisotopic (exact) mass is 265 g/mol. The van der Waals surface area contributed by atoms with Crippen LogP contribution in [0.1, 0.15) is 34.1 Å². The molecule has 3 unspecified atom stereocenters. The van der Waals surface area contributed by atoms with Gasteiger partial charge in [0.05, 0.1) is 12.7 Å². The van der Waals surface area contributed by atoms with Gasteiger partial charge in [-0.15, -0.1) is 0 Å². The fourth-order valence-electron chi connectivity index (χ4n) is 3.81. The standard InChI is InChI=1S/C16H27NO2/c1-5-19-14-8-6-7-13-15(14)12(2)11-16(3,4)17(13)9-10-18/h6-8,12,14-15,18H,5,9-11H2,1-4H3. The number of fused-ring (bicyclic) bond motifs is 1. The third kappa shape index (κ3) is 2.72. The fraction of sp³-hybridized carbons (Fsp3) is 0.750. The second kappa shape index (κ2) is 5.68. The summed E-state index contributed by atoms with van der Waals surface area (Å²) in [5, 5.41) is 9.36. The van der Waals surface area contributed by atoms with E-state index >= 15 is 0 Å². The molecule has 1 aliphatic heterocycles. The smallest absolute Gasteiger partial charge is 0.0844 e. The predicted molar refractivity (Wildman–Crippen MR) is 77.8 cm³/mol. The molecule has 1 aliphatic carbocycles. The topological polar surface area (TPSA) is 32.7 Å². The first-order valence-corrected chi connectivity index (χ1v) is 7.39. The first kappa shape index (κ1) is 14.6. The molecule has 0 radical (unpaired) electrons.